The number of aromatic nitrogens is 1. The Morgan fingerprint density at radius 1 is 0.846 bits per heavy atom. The highest BCUT2D eigenvalue weighted by atomic mass is 79.9. The van der Waals surface area contributed by atoms with Gasteiger partial charge >= 0.3 is 0 Å². The second-order valence-corrected chi connectivity index (χ2v) is 6.92. The first-order valence-electron chi connectivity index (χ1n) is 8.28. The van der Waals surface area contributed by atoms with Crippen LogP contribution in [0.2, 0.25) is 0 Å². The summed E-state index contributed by atoms with van der Waals surface area (Å²) in [6.45, 7) is 0. The third kappa shape index (κ3) is 3.44. The molecule has 0 aliphatic heterocycles. The van der Waals surface area contributed by atoms with Crippen molar-refractivity contribution in [1.29, 1.82) is 0 Å². The molecule has 0 atom stereocenters. The van der Waals surface area contributed by atoms with Crippen LogP contribution in [0, 0.1) is 0 Å². The molecule has 0 aliphatic rings. The molecule has 3 heteroatoms. The molecule has 0 saturated heterocycles. The first-order chi connectivity index (χ1) is 12.7. The third-order valence-electron chi connectivity index (χ3n) is 4.25. The minimum absolute atomic E-state index is 0.279. The van der Waals surface area contributed by atoms with Crippen LogP contribution in [0.4, 0.5) is 4.39 Å². The van der Waals surface area contributed by atoms with E-state index in [9.17, 15) is 0 Å². The Labute approximate surface area is 160 Å². The molecule has 1 aromatic heterocycles. The summed E-state index contributed by atoms with van der Waals surface area (Å²) in [4.78, 5) is 4.42. The van der Waals surface area contributed by atoms with Gasteiger partial charge in [0.25, 0.3) is 0 Å². The Balaban J connectivity index is 1.90. The van der Waals surface area contributed by atoms with Crippen LogP contribution in [0.5, 0.6) is 0 Å². The van der Waals surface area contributed by atoms with Crippen LogP contribution in [0.3, 0.4) is 0 Å². The van der Waals surface area contributed by atoms with Gasteiger partial charge in [-0.25, -0.2) is 4.39 Å². The van der Waals surface area contributed by atoms with Gasteiger partial charge in [-0.2, -0.15) is 0 Å². The maximum absolute atomic E-state index is 15.2. The normalized spacial score (nSPS) is 11.7. The summed E-state index contributed by atoms with van der Waals surface area (Å²) in [6.07, 6.45) is 3.29. The van der Waals surface area contributed by atoms with Crippen LogP contribution in [0.15, 0.2) is 89.5 Å². The highest BCUT2D eigenvalue weighted by molar-refractivity contribution is 9.10. The Bertz CT molecular complexity index is 1090. The van der Waals surface area contributed by atoms with Gasteiger partial charge in [-0.3, -0.25) is 4.98 Å². The Morgan fingerprint density at radius 3 is 2.23 bits per heavy atom. The second-order valence-electron chi connectivity index (χ2n) is 6.00. The van der Waals surface area contributed by atoms with Crippen molar-refractivity contribution in [3.63, 3.8) is 0 Å². The van der Waals surface area contributed by atoms with E-state index >= 15 is 4.39 Å². The van der Waals surface area contributed by atoms with Gasteiger partial charge in [-0.15, -0.1) is 0 Å². The fourth-order valence-corrected chi connectivity index (χ4v) is 3.22. The van der Waals surface area contributed by atoms with Gasteiger partial charge in [0.05, 0.1) is 5.69 Å². The van der Waals surface area contributed by atoms with Crippen LogP contribution < -0.4 is 0 Å². The second kappa shape index (κ2) is 7.22. The largest absolute Gasteiger partial charge is 0.256 e. The molecule has 0 aliphatic carbocycles. The zero-order valence-corrected chi connectivity index (χ0v) is 15.4. The van der Waals surface area contributed by atoms with Crippen LogP contribution in [0.1, 0.15) is 11.1 Å². The first kappa shape index (κ1) is 16.7. The van der Waals surface area contributed by atoms with Crippen LogP contribution in [-0.2, 0) is 0 Å². The van der Waals surface area contributed by atoms with E-state index in [1.807, 2.05) is 78.9 Å². The molecule has 1 nitrogen and oxygen atoms in total. The van der Waals surface area contributed by atoms with Crippen molar-refractivity contribution < 1.29 is 4.39 Å². The molecular formula is C23H15BrFN. The fourth-order valence-electron chi connectivity index (χ4n) is 2.95. The average Bonchev–Trinajstić information content (AvgIpc) is 2.69. The van der Waals surface area contributed by atoms with E-state index < -0.39 is 0 Å². The van der Waals surface area contributed by atoms with Crippen molar-refractivity contribution in [3.8, 4) is 11.3 Å². The summed E-state index contributed by atoms with van der Waals surface area (Å²) < 4.78 is 16.2. The number of hydrogen-bond donors (Lipinski definition) is 0. The average molecular weight is 404 g/mol. The fraction of sp³-hybridized carbons (Fsp3) is 0. The summed E-state index contributed by atoms with van der Waals surface area (Å²) in [5, 5.41) is 2.06. The molecule has 0 amide bonds. The Morgan fingerprint density at radius 2 is 1.54 bits per heavy atom. The minimum Gasteiger partial charge on any atom is -0.256 e. The van der Waals surface area contributed by atoms with Crippen LogP contribution in [-0.4, -0.2) is 4.98 Å². The molecule has 126 valence electrons. The lowest BCUT2D eigenvalue weighted by molar-refractivity contribution is 0.766. The molecule has 0 fully saturated rings. The van der Waals surface area contributed by atoms with Gasteiger partial charge in [0.15, 0.2) is 0 Å². The molecule has 0 N–H and O–H groups in total. The predicted molar refractivity (Wildman–Crippen MR) is 110 cm³/mol. The lowest BCUT2D eigenvalue weighted by Gasteiger charge is -2.10. The number of fused-ring (bicyclic) bond motifs is 1. The lowest BCUT2D eigenvalue weighted by atomic mass is 9.97. The van der Waals surface area contributed by atoms with E-state index in [1.54, 1.807) is 12.3 Å². The number of nitrogens with zero attached hydrogens (tertiary/aromatic N) is 1. The third-order valence-corrected chi connectivity index (χ3v) is 4.78. The summed E-state index contributed by atoms with van der Waals surface area (Å²) in [5.74, 6) is -0.279. The van der Waals surface area contributed by atoms with E-state index in [4.69, 9.17) is 0 Å². The molecule has 0 bridgehead atoms. The van der Waals surface area contributed by atoms with E-state index in [1.165, 1.54) is 0 Å². The number of rotatable bonds is 3. The molecule has 4 aromatic rings. The number of pyridine rings is 1. The van der Waals surface area contributed by atoms with Crippen molar-refractivity contribution in [2.24, 2.45) is 0 Å². The van der Waals surface area contributed by atoms with E-state index in [0.29, 0.717) is 5.56 Å². The van der Waals surface area contributed by atoms with Crippen molar-refractivity contribution >= 4 is 38.6 Å². The maximum Gasteiger partial charge on any atom is 0.131 e. The quantitative estimate of drug-likeness (QED) is 0.331. The SMILES string of the molecule is F/C(=C\c1ccc(Br)cc1)c1cc2ccccc2cc1-c1ccccn1. The highest BCUT2D eigenvalue weighted by Crippen LogP contribution is 2.33. The van der Waals surface area contributed by atoms with Gasteiger partial charge < -0.3 is 0 Å². The molecule has 26 heavy (non-hydrogen) atoms. The summed E-state index contributed by atoms with van der Waals surface area (Å²) in [6, 6.07) is 25.1. The monoisotopic (exact) mass is 403 g/mol. The summed E-state index contributed by atoms with van der Waals surface area (Å²) in [7, 11) is 0. The number of hydrogen-bond acceptors (Lipinski definition) is 1. The Kier molecular flexibility index (Phi) is 4.63. The molecule has 0 unspecified atom stereocenters. The lowest BCUT2D eigenvalue weighted by Crippen LogP contribution is -1.90. The van der Waals surface area contributed by atoms with Crippen molar-refractivity contribution in [2.45, 2.75) is 0 Å². The number of benzene rings is 3. The number of halogens is 2. The molecular weight excluding hydrogens is 389 g/mol. The Hall–Kier alpha value is -2.78. The molecule has 0 radical (unpaired) electrons. The van der Waals surface area contributed by atoms with Crippen molar-refractivity contribution in [3.05, 3.63) is 101 Å². The highest BCUT2D eigenvalue weighted by Gasteiger charge is 2.12. The van der Waals surface area contributed by atoms with Gasteiger partial charge in [0.1, 0.15) is 5.83 Å². The summed E-state index contributed by atoms with van der Waals surface area (Å²) >= 11 is 3.40. The maximum atomic E-state index is 15.2. The van der Waals surface area contributed by atoms with Gasteiger partial charge in [-0.1, -0.05) is 58.4 Å². The predicted octanol–water partition coefficient (Wildman–Crippen LogP) is 7.13. The minimum atomic E-state index is -0.279. The van der Waals surface area contributed by atoms with Crippen molar-refractivity contribution in [1.82, 2.24) is 4.98 Å². The molecule has 4 rings (SSSR count). The van der Waals surface area contributed by atoms with E-state index in [0.717, 1.165) is 32.1 Å². The molecule has 1 heterocycles. The van der Waals surface area contributed by atoms with Crippen LogP contribution in [0.25, 0.3) is 33.9 Å². The van der Waals surface area contributed by atoms with Gasteiger partial charge in [-0.05, 0) is 58.8 Å². The van der Waals surface area contributed by atoms with Gasteiger partial charge in [0.2, 0.25) is 0 Å². The van der Waals surface area contributed by atoms with E-state index in [-0.39, 0.29) is 5.83 Å². The standard InChI is InChI=1S/C23H15BrFN/c24-19-10-8-16(9-11-19)13-22(25)20-14-17-5-1-2-6-18(17)15-21(20)23-7-3-4-12-26-23/h1-15H/b22-13-. The zero-order valence-electron chi connectivity index (χ0n) is 13.9. The summed E-state index contributed by atoms with van der Waals surface area (Å²) in [5.41, 5.74) is 2.90. The molecule has 0 saturated carbocycles. The topological polar surface area (TPSA) is 12.9 Å². The molecule has 3 aromatic carbocycles. The zero-order chi connectivity index (χ0) is 17.9. The van der Waals surface area contributed by atoms with Crippen LogP contribution >= 0.6 is 15.9 Å². The smallest absolute Gasteiger partial charge is 0.131 e. The first-order valence-corrected chi connectivity index (χ1v) is 9.07. The van der Waals surface area contributed by atoms with E-state index in [2.05, 4.69) is 20.9 Å². The van der Waals surface area contributed by atoms with Crippen molar-refractivity contribution in [2.75, 3.05) is 0 Å². The van der Waals surface area contributed by atoms with Gasteiger partial charge in [0, 0.05) is 21.8 Å². The molecule has 0 spiro atoms.